The number of nitrogens with one attached hydrogen (secondary N) is 2. The number of benzene rings is 2. The van der Waals surface area contributed by atoms with Crippen LogP contribution < -0.4 is 10.9 Å². The lowest BCUT2D eigenvalue weighted by Crippen LogP contribution is -2.38. The van der Waals surface area contributed by atoms with Crippen molar-refractivity contribution in [3.05, 3.63) is 69.6 Å². The summed E-state index contributed by atoms with van der Waals surface area (Å²) in [7, 11) is 1.13. The van der Waals surface area contributed by atoms with Gasteiger partial charge in [0.2, 0.25) is 5.78 Å². The number of carbonyl (C=O) groups is 3. The average Bonchev–Trinajstić information content (AvgIpc) is 2.81. The Kier molecular flexibility index (Phi) is 7.37. The van der Waals surface area contributed by atoms with Crippen LogP contribution in [0.15, 0.2) is 47.3 Å². The molecule has 1 amide bonds. The topological polar surface area (TPSA) is 118 Å². The number of ketones is 1. The van der Waals surface area contributed by atoms with E-state index in [1.165, 1.54) is 0 Å². The maximum atomic E-state index is 13.1. The van der Waals surface area contributed by atoms with Crippen molar-refractivity contribution in [2.24, 2.45) is 5.92 Å². The Labute approximate surface area is 191 Å². The number of esters is 1. The molecule has 0 unspecified atom stereocenters. The monoisotopic (exact) mass is 449 g/mol. The molecule has 8 nitrogen and oxygen atoms in total. The molecule has 1 heterocycles. The largest absolute Gasteiger partial charge is 0.468 e. The number of para-hydroxylation sites is 3. The molecule has 0 aliphatic carbocycles. The van der Waals surface area contributed by atoms with Crippen molar-refractivity contribution in [3.8, 4) is 0 Å². The highest BCUT2D eigenvalue weighted by atomic mass is 16.5. The molecule has 2 N–H and O–H groups in total. The van der Waals surface area contributed by atoms with Crippen LogP contribution in [0.5, 0.6) is 0 Å². The highest BCUT2D eigenvalue weighted by Crippen LogP contribution is 2.28. The molecule has 0 aliphatic heterocycles. The maximum absolute atomic E-state index is 13.1. The van der Waals surface area contributed by atoms with Gasteiger partial charge >= 0.3 is 5.97 Å². The van der Waals surface area contributed by atoms with Crippen molar-refractivity contribution in [2.75, 3.05) is 12.4 Å². The summed E-state index contributed by atoms with van der Waals surface area (Å²) >= 11 is 0. The van der Waals surface area contributed by atoms with E-state index in [2.05, 4.69) is 15.3 Å². The number of fused-ring (bicyclic) bond motifs is 1. The molecular weight excluding hydrogens is 422 g/mol. The standard InChI is InChI=1S/C25H27N3O5/c1-5-15-9-8-10-16(14(2)3)21(15)28-24(31)22(29)17(25(32)33-4)13-20-23(30)27-19-12-7-6-11-18(19)26-20/h6-12,14,17H,5,13H2,1-4H3,(H,27,30)(H,28,31)/t17-/m0/s1. The number of nitrogens with zero attached hydrogens (tertiary/aromatic N) is 1. The second-order valence-electron chi connectivity index (χ2n) is 8.02. The number of Topliss-reactive ketones (excluding diaryl/α,β-unsaturated/α-hetero) is 1. The molecule has 1 atom stereocenters. The van der Waals surface area contributed by atoms with E-state index in [-0.39, 0.29) is 18.0 Å². The molecule has 172 valence electrons. The third-order valence-electron chi connectivity index (χ3n) is 5.52. The molecule has 3 aromatic rings. The third-order valence-corrected chi connectivity index (χ3v) is 5.52. The van der Waals surface area contributed by atoms with Crippen molar-refractivity contribution in [1.29, 1.82) is 0 Å². The van der Waals surface area contributed by atoms with Crippen LogP contribution >= 0.6 is 0 Å². The summed E-state index contributed by atoms with van der Waals surface area (Å²) in [4.78, 5) is 57.9. The smallest absolute Gasteiger partial charge is 0.317 e. The summed E-state index contributed by atoms with van der Waals surface area (Å²) in [6.07, 6.45) is 0.298. The maximum Gasteiger partial charge on any atom is 0.317 e. The first-order valence-corrected chi connectivity index (χ1v) is 10.8. The Balaban J connectivity index is 1.92. The Bertz CT molecular complexity index is 1260. The number of aryl methyl sites for hydroxylation is 1. The van der Waals surface area contributed by atoms with Crippen LogP contribution in [0.1, 0.15) is 43.5 Å². The van der Waals surface area contributed by atoms with E-state index in [9.17, 15) is 19.2 Å². The molecule has 0 saturated heterocycles. The highest BCUT2D eigenvalue weighted by Gasteiger charge is 2.34. The minimum atomic E-state index is -1.50. The minimum Gasteiger partial charge on any atom is -0.468 e. The molecule has 0 saturated carbocycles. The number of H-pyrrole nitrogens is 1. The van der Waals surface area contributed by atoms with Crippen molar-refractivity contribution in [1.82, 2.24) is 9.97 Å². The predicted molar refractivity (Wildman–Crippen MR) is 125 cm³/mol. The van der Waals surface area contributed by atoms with Gasteiger partial charge in [0.05, 0.1) is 18.1 Å². The van der Waals surface area contributed by atoms with Crippen LogP contribution in [0, 0.1) is 5.92 Å². The molecule has 8 heteroatoms. The van der Waals surface area contributed by atoms with Gasteiger partial charge in [-0.15, -0.1) is 0 Å². The molecule has 0 bridgehead atoms. The van der Waals surface area contributed by atoms with Crippen LogP contribution in [0.4, 0.5) is 5.69 Å². The summed E-state index contributed by atoms with van der Waals surface area (Å²) in [5.41, 5.74) is 2.81. The van der Waals surface area contributed by atoms with Gasteiger partial charge in [0.15, 0.2) is 0 Å². The Morgan fingerprint density at radius 1 is 1.09 bits per heavy atom. The minimum absolute atomic E-state index is 0.0259. The number of hydrogen-bond donors (Lipinski definition) is 2. The van der Waals surface area contributed by atoms with E-state index >= 15 is 0 Å². The first-order chi connectivity index (χ1) is 15.8. The predicted octanol–water partition coefficient (Wildman–Crippen LogP) is 3.15. The second-order valence-corrected chi connectivity index (χ2v) is 8.02. The Hall–Kier alpha value is -3.81. The lowest BCUT2D eigenvalue weighted by atomic mass is 9.95. The first-order valence-electron chi connectivity index (χ1n) is 10.8. The van der Waals surface area contributed by atoms with Gasteiger partial charge in [0, 0.05) is 12.1 Å². The van der Waals surface area contributed by atoms with Gasteiger partial charge in [0.25, 0.3) is 11.5 Å². The van der Waals surface area contributed by atoms with Gasteiger partial charge in [-0.1, -0.05) is 51.1 Å². The molecule has 0 aliphatic rings. The molecule has 1 aromatic heterocycles. The lowest BCUT2D eigenvalue weighted by Gasteiger charge is -2.18. The molecular formula is C25H27N3O5. The van der Waals surface area contributed by atoms with Crippen LogP contribution in [-0.2, 0) is 32.0 Å². The molecule has 0 spiro atoms. The SMILES string of the molecule is CCc1cccc(C(C)C)c1NC(=O)C(=O)[C@H](Cc1nc2ccccc2[nH]c1=O)C(=O)OC. The number of ether oxygens (including phenoxy) is 1. The van der Waals surface area contributed by atoms with Crippen LogP contribution in [0.25, 0.3) is 11.0 Å². The fourth-order valence-electron chi connectivity index (χ4n) is 3.71. The number of hydrogen-bond acceptors (Lipinski definition) is 6. The zero-order chi connectivity index (χ0) is 24.1. The first kappa shape index (κ1) is 23.8. The van der Waals surface area contributed by atoms with Crippen molar-refractivity contribution >= 4 is 34.4 Å². The fourth-order valence-corrected chi connectivity index (χ4v) is 3.71. The fraction of sp³-hybridized carbons (Fsp3) is 0.320. The quantitative estimate of drug-likeness (QED) is 0.310. The molecule has 0 radical (unpaired) electrons. The Morgan fingerprint density at radius 3 is 2.48 bits per heavy atom. The van der Waals surface area contributed by atoms with Crippen LogP contribution in [0.3, 0.4) is 0 Å². The van der Waals surface area contributed by atoms with Gasteiger partial charge in [-0.25, -0.2) is 4.98 Å². The van der Waals surface area contributed by atoms with Gasteiger partial charge in [-0.2, -0.15) is 0 Å². The molecule has 3 rings (SSSR count). The van der Waals surface area contributed by atoms with Gasteiger partial charge in [-0.3, -0.25) is 19.2 Å². The zero-order valence-corrected chi connectivity index (χ0v) is 19.1. The number of anilines is 1. The highest BCUT2D eigenvalue weighted by molar-refractivity contribution is 6.44. The Morgan fingerprint density at radius 2 is 1.82 bits per heavy atom. The summed E-state index contributed by atoms with van der Waals surface area (Å²) in [5.74, 6) is -4.22. The van der Waals surface area contributed by atoms with Crippen molar-refractivity contribution < 1.29 is 19.1 Å². The van der Waals surface area contributed by atoms with E-state index in [0.29, 0.717) is 23.1 Å². The zero-order valence-electron chi connectivity index (χ0n) is 19.1. The van der Waals surface area contributed by atoms with E-state index in [0.717, 1.165) is 18.2 Å². The number of aromatic nitrogens is 2. The van der Waals surface area contributed by atoms with E-state index < -0.39 is 29.1 Å². The summed E-state index contributed by atoms with van der Waals surface area (Å²) in [5, 5.41) is 2.70. The number of aromatic amines is 1. The molecule has 0 fully saturated rings. The molecule has 33 heavy (non-hydrogen) atoms. The molecule has 2 aromatic carbocycles. The van der Waals surface area contributed by atoms with E-state index in [1.54, 1.807) is 24.3 Å². The van der Waals surface area contributed by atoms with Crippen LogP contribution in [-0.4, -0.2) is 34.7 Å². The third kappa shape index (κ3) is 5.16. The summed E-state index contributed by atoms with van der Waals surface area (Å²) < 4.78 is 4.76. The summed E-state index contributed by atoms with van der Waals surface area (Å²) in [6.45, 7) is 5.92. The van der Waals surface area contributed by atoms with E-state index in [1.807, 2.05) is 39.0 Å². The number of rotatable bonds is 8. The van der Waals surface area contributed by atoms with E-state index in [4.69, 9.17) is 4.74 Å². The van der Waals surface area contributed by atoms with Crippen molar-refractivity contribution in [3.63, 3.8) is 0 Å². The summed E-state index contributed by atoms with van der Waals surface area (Å²) in [6, 6.07) is 12.6. The number of amides is 1. The van der Waals surface area contributed by atoms with Gasteiger partial charge < -0.3 is 15.0 Å². The second kappa shape index (κ2) is 10.2. The van der Waals surface area contributed by atoms with Crippen LogP contribution in [0.2, 0.25) is 0 Å². The number of carbonyl (C=O) groups excluding carboxylic acids is 3. The van der Waals surface area contributed by atoms with Gasteiger partial charge in [0.1, 0.15) is 11.6 Å². The number of methoxy groups -OCH3 is 1. The average molecular weight is 450 g/mol. The normalized spacial score (nSPS) is 11.9. The van der Waals surface area contributed by atoms with Crippen molar-refractivity contribution in [2.45, 2.75) is 39.5 Å². The lowest BCUT2D eigenvalue weighted by molar-refractivity contribution is -0.152. The van der Waals surface area contributed by atoms with Gasteiger partial charge in [-0.05, 0) is 35.6 Å².